The van der Waals surface area contributed by atoms with E-state index in [1.165, 1.54) is 4.57 Å². The number of aryl methyl sites for hydroxylation is 2. The third kappa shape index (κ3) is 4.03. The van der Waals surface area contributed by atoms with E-state index >= 15 is 0 Å². The van der Waals surface area contributed by atoms with E-state index in [1.807, 2.05) is 54.4 Å². The molecule has 0 radical (unpaired) electrons. The van der Waals surface area contributed by atoms with Gasteiger partial charge in [0.25, 0.3) is 0 Å². The van der Waals surface area contributed by atoms with Gasteiger partial charge in [-0.2, -0.15) is 0 Å². The van der Waals surface area contributed by atoms with Crippen molar-refractivity contribution in [2.45, 2.75) is 38.8 Å². The third-order valence-corrected chi connectivity index (χ3v) is 6.49. The highest BCUT2D eigenvalue weighted by molar-refractivity contribution is 7.15. The predicted octanol–water partition coefficient (Wildman–Crippen LogP) is 4.25. The van der Waals surface area contributed by atoms with Crippen LogP contribution in [0.2, 0.25) is 0 Å². The van der Waals surface area contributed by atoms with E-state index in [4.69, 9.17) is 9.40 Å². The summed E-state index contributed by atoms with van der Waals surface area (Å²) >= 11 is 1.57. The van der Waals surface area contributed by atoms with Crippen molar-refractivity contribution >= 4 is 39.3 Å². The molecule has 0 bridgehead atoms. The molecular weight excluding hydrogens is 426 g/mol. The lowest BCUT2D eigenvalue weighted by molar-refractivity contribution is -0.132. The lowest BCUT2D eigenvalue weighted by atomic mass is 10.1. The Hall–Kier alpha value is -3.46. The molecule has 0 saturated carbocycles. The lowest BCUT2D eigenvalue weighted by Crippen LogP contribution is -2.32. The number of nitrogens with zero attached hydrogens (tertiary/aromatic N) is 4. The van der Waals surface area contributed by atoms with Gasteiger partial charge >= 0.3 is 5.76 Å². The number of para-hydroxylation sites is 2. The Morgan fingerprint density at radius 1 is 1.25 bits per heavy atom. The van der Waals surface area contributed by atoms with E-state index in [-0.39, 0.29) is 24.9 Å². The van der Waals surface area contributed by atoms with Gasteiger partial charge in [-0.25, -0.2) is 14.8 Å². The number of anilines is 2. The molecule has 5 rings (SSSR count). The number of likely N-dealkylation sites (tertiary alicyclic amines) is 1. The summed E-state index contributed by atoms with van der Waals surface area (Å²) in [6, 6.07) is 13.0. The third-order valence-electron chi connectivity index (χ3n) is 5.66. The molecule has 1 unspecified atom stereocenters. The number of thiazole rings is 1. The maximum Gasteiger partial charge on any atom is 0.419 e. The first kappa shape index (κ1) is 20.4. The number of hydrogen-bond acceptors (Lipinski definition) is 7. The maximum atomic E-state index is 13.1. The molecule has 1 aliphatic heterocycles. The van der Waals surface area contributed by atoms with Crippen LogP contribution in [0.3, 0.4) is 0 Å². The van der Waals surface area contributed by atoms with Crippen molar-refractivity contribution in [3.05, 3.63) is 69.8 Å². The predicted molar refractivity (Wildman–Crippen MR) is 123 cm³/mol. The molecule has 1 fully saturated rings. The Morgan fingerprint density at radius 2 is 2.12 bits per heavy atom. The van der Waals surface area contributed by atoms with Crippen molar-refractivity contribution < 1.29 is 9.21 Å². The molecule has 164 valence electrons. The smallest absolute Gasteiger partial charge is 0.408 e. The van der Waals surface area contributed by atoms with E-state index in [0.29, 0.717) is 23.5 Å². The number of benzene rings is 1. The van der Waals surface area contributed by atoms with E-state index in [2.05, 4.69) is 10.3 Å². The minimum absolute atomic E-state index is 0.0143. The van der Waals surface area contributed by atoms with Crippen molar-refractivity contribution in [1.29, 1.82) is 0 Å². The highest BCUT2D eigenvalue weighted by Crippen LogP contribution is 2.32. The van der Waals surface area contributed by atoms with Crippen LogP contribution in [-0.2, 0) is 11.3 Å². The van der Waals surface area contributed by atoms with Crippen LogP contribution in [0.4, 0.5) is 10.9 Å². The average molecular weight is 450 g/mol. The van der Waals surface area contributed by atoms with Gasteiger partial charge in [-0.15, -0.1) is 11.3 Å². The summed E-state index contributed by atoms with van der Waals surface area (Å²) in [5.74, 6) is 0.294. The summed E-state index contributed by atoms with van der Waals surface area (Å²) in [5.41, 5.74) is 2.11. The van der Waals surface area contributed by atoms with Gasteiger partial charge in [0.1, 0.15) is 5.82 Å². The van der Waals surface area contributed by atoms with Crippen LogP contribution in [0, 0.1) is 6.92 Å². The first-order chi connectivity index (χ1) is 15.6. The average Bonchev–Trinajstić information content (AvgIpc) is 3.51. The van der Waals surface area contributed by atoms with E-state index < -0.39 is 5.76 Å². The summed E-state index contributed by atoms with van der Waals surface area (Å²) < 4.78 is 6.80. The number of nitrogens with one attached hydrogen (secondary N) is 1. The molecule has 3 aromatic heterocycles. The zero-order valence-corrected chi connectivity index (χ0v) is 18.5. The fraction of sp³-hybridized carbons (Fsp3) is 0.304. The number of carbonyl (C=O) groups excluding carboxylic acids is 1. The van der Waals surface area contributed by atoms with Crippen LogP contribution < -0.4 is 11.1 Å². The molecule has 4 aromatic rings. The number of aromatic nitrogens is 3. The first-order valence-corrected chi connectivity index (χ1v) is 11.4. The van der Waals surface area contributed by atoms with E-state index in [9.17, 15) is 9.59 Å². The summed E-state index contributed by atoms with van der Waals surface area (Å²) in [4.78, 5) is 37.4. The van der Waals surface area contributed by atoms with Crippen LogP contribution in [0.5, 0.6) is 0 Å². The zero-order valence-electron chi connectivity index (χ0n) is 17.7. The number of rotatable bonds is 6. The number of pyridine rings is 1. The van der Waals surface area contributed by atoms with Gasteiger partial charge in [0.15, 0.2) is 10.7 Å². The van der Waals surface area contributed by atoms with Crippen molar-refractivity contribution in [2.75, 3.05) is 11.9 Å². The van der Waals surface area contributed by atoms with Crippen LogP contribution in [0.15, 0.2) is 57.9 Å². The van der Waals surface area contributed by atoms with Crippen LogP contribution in [0.25, 0.3) is 11.1 Å². The molecule has 32 heavy (non-hydrogen) atoms. The van der Waals surface area contributed by atoms with Gasteiger partial charge in [0.05, 0.1) is 17.3 Å². The molecule has 8 nitrogen and oxygen atoms in total. The molecule has 1 amide bonds. The minimum Gasteiger partial charge on any atom is -0.408 e. The van der Waals surface area contributed by atoms with Crippen molar-refractivity contribution in [1.82, 2.24) is 19.4 Å². The molecule has 1 saturated heterocycles. The molecule has 1 atom stereocenters. The molecular formula is C23H23N5O3S. The van der Waals surface area contributed by atoms with Gasteiger partial charge in [0.2, 0.25) is 5.91 Å². The van der Waals surface area contributed by atoms with Crippen molar-refractivity contribution in [2.24, 2.45) is 0 Å². The van der Waals surface area contributed by atoms with Crippen LogP contribution >= 0.6 is 11.3 Å². The van der Waals surface area contributed by atoms with E-state index in [0.717, 1.165) is 28.5 Å². The Bertz CT molecular complexity index is 1320. The number of carbonyl (C=O) groups is 1. The zero-order chi connectivity index (χ0) is 22.1. The van der Waals surface area contributed by atoms with Gasteiger partial charge in [0, 0.05) is 30.6 Å². The minimum atomic E-state index is -0.435. The van der Waals surface area contributed by atoms with Crippen molar-refractivity contribution in [3.63, 3.8) is 0 Å². The first-order valence-electron chi connectivity index (χ1n) is 10.6. The molecule has 9 heteroatoms. The molecule has 0 spiro atoms. The number of oxazole rings is 1. The van der Waals surface area contributed by atoms with Gasteiger partial charge < -0.3 is 14.6 Å². The summed E-state index contributed by atoms with van der Waals surface area (Å²) in [6.07, 6.45) is 3.85. The second-order valence-corrected chi connectivity index (χ2v) is 9.07. The number of fused-ring (bicyclic) bond motifs is 1. The number of hydrogen-bond donors (Lipinski definition) is 1. The standard InChI is InChI=1S/C23H23N5O3S/c1-15-14-24-22(32-15)26-20-10-4-6-16(25-20)17-8-5-12-27(17)21(29)11-13-28-18-7-2-3-9-19(18)31-23(28)30/h2-4,6-7,9-10,14,17H,5,8,11-13H2,1H3,(H,24,25,26). The van der Waals surface area contributed by atoms with Crippen LogP contribution in [-0.4, -0.2) is 31.9 Å². The van der Waals surface area contributed by atoms with Gasteiger partial charge in [-0.1, -0.05) is 18.2 Å². The summed E-state index contributed by atoms with van der Waals surface area (Å²) in [6.45, 7) is 2.99. The van der Waals surface area contributed by atoms with E-state index in [1.54, 1.807) is 17.4 Å². The normalized spacial score (nSPS) is 16.0. The Labute approximate surface area is 188 Å². The second-order valence-electron chi connectivity index (χ2n) is 7.83. The quantitative estimate of drug-likeness (QED) is 0.473. The fourth-order valence-electron chi connectivity index (χ4n) is 4.18. The Kier molecular flexibility index (Phi) is 5.48. The monoisotopic (exact) mass is 449 g/mol. The highest BCUT2D eigenvalue weighted by atomic mass is 32.1. The van der Waals surface area contributed by atoms with Gasteiger partial charge in [-0.3, -0.25) is 9.36 Å². The Morgan fingerprint density at radius 3 is 2.97 bits per heavy atom. The SMILES string of the molecule is Cc1cnc(Nc2cccc(C3CCCN3C(=O)CCn3c(=O)oc4ccccc43)n2)s1. The molecule has 1 N–H and O–H groups in total. The lowest BCUT2D eigenvalue weighted by Gasteiger charge is -2.24. The summed E-state index contributed by atoms with van der Waals surface area (Å²) in [7, 11) is 0. The Balaban J connectivity index is 1.30. The topological polar surface area (TPSA) is 93.3 Å². The molecule has 0 aliphatic carbocycles. The second kappa shape index (κ2) is 8.58. The van der Waals surface area contributed by atoms with Gasteiger partial charge in [-0.05, 0) is 44.0 Å². The molecule has 1 aromatic carbocycles. The summed E-state index contributed by atoms with van der Waals surface area (Å²) in [5, 5.41) is 4.04. The molecule has 1 aliphatic rings. The molecule has 4 heterocycles. The fourth-order valence-corrected chi connectivity index (χ4v) is 4.85. The number of amides is 1. The highest BCUT2D eigenvalue weighted by Gasteiger charge is 2.31. The van der Waals surface area contributed by atoms with Crippen molar-refractivity contribution in [3.8, 4) is 0 Å². The maximum absolute atomic E-state index is 13.1. The largest absolute Gasteiger partial charge is 0.419 e. The van der Waals surface area contributed by atoms with Crippen LogP contribution in [0.1, 0.15) is 35.9 Å².